The van der Waals surface area contributed by atoms with Gasteiger partial charge in [-0.25, -0.2) is 17.5 Å². The predicted molar refractivity (Wildman–Crippen MR) is 73.1 cm³/mol. The Kier molecular flexibility index (Phi) is 5.09. The van der Waals surface area contributed by atoms with Gasteiger partial charge in [0.05, 0.1) is 11.0 Å². The number of sulfonamides is 1. The first-order valence-electron chi connectivity index (χ1n) is 6.62. The van der Waals surface area contributed by atoms with E-state index in [0.29, 0.717) is 12.0 Å². The maximum Gasteiger partial charge on any atom is 0.240 e. The molecule has 20 heavy (non-hydrogen) atoms. The Bertz CT molecular complexity index is 557. The van der Waals surface area contributed by atoms with E-state index >= 15 is 0 Å². The van der Waals surface area contributed by atoms with Crippen LogP contribution in [0.3, 0.4) is 0 Å². The third-order valence-electron chi connectivity index (χ3n) is 3.32. The molecule has 1 aliphatic heterocycles. The highest BCUT2D eigenvalue weighted by Gasteiger charge is 2.20. The van der Waals surface area contributed by atoms with Crippen LogP contribution in [-0.4, -0.2) is 27.7 Å². The minimum absolute atomic E-state index is 0.0439. The third kappa shape index (κ3) is 3.76. The van der Waals surface area contributed by atoms with E-state index in [0.717, 1.165) is 25.5 Å². The molecule has 1 aromatic carbocycles. The Morgan fingerprint density at radius 2 is 2.25 bits per heavy atom. The monoisotopic (exact) mass is 302 g/mol. The summed E-state index contributed by atoms with van der Waals surface area (Å²) < 4.78 is 45.5. The van der Waals surface area contributed by atoms with Crippen LogP contribution in [0.25, 0.3) is 0 Å². The zero-order chi connectivity index (χ0) is 14.6. The van der Waals surface area contributed by atoms with Gasteiger partial charge in [-0.05, 0) is 37.0 Å². The smallest absolute Gasteiger partial charge is 0.240 e. The van der Waals surface area contributed by atoms with E-state index in [1.54, 1.807) is 0 Å². The van der Waals surface area contributed by atoms with Gasteiger partial charge in [-0.1, -0.05) is 6.07 Å². The lowest BCUT2D eigenvalue weighted by atomic mass is 10.2. The normalized spacial score (nSPS) is 19.4. The second-order valence-corrected chi connectivity index (χ2v) is 6.51. The Balaban J connectivity index is 2.03. The van der Waals surface area contributed by atoms with E-state index in [1.807, 2.05) is 0 Å². The molecule has 3 N–H and O–H groups in total. The van der Waals surface area contributed by atoms with Crippen molar-refractivity contribution in [1.29, 1.82) is 0 Å². The standard InChI is InChI=1S/C13H19FN2O3S/c14-11-4-3-10(9-15)13(8-11)20(17,18)16-6-5-12-2-1-7-19-12/h3-4,8,12,16H,1-2,5-7,9,15H2. The minimum Gasteiger partial charge on any atom is -0.378 e. The topological polar surface area (TPSA) is 81.4 Å². The number of halogens is 1. The van der Waals surface area contributed by atoms with Crippen LogP contribution in [0.2, 0.25) is 0 Å². The highest BCUT2D eigenvalue weighted by Crippen LogP contribution is 2.18. The van der Waals surface area contributed by atoms with Crippen molar-refractivity contribution in [3.8, 4) is 0 Å². The fraction of sp³-hybridized carbons (Fsp3) is 0.538. The molecule has 0 spiro atoms. The van der Waals surface area contributed by atoms with Gasteiger partial charge >= 0.3 is 0 Å². The summed E-state index contributed by atoms with van der Waals surface area (Å²) in [5, 5.41) is 0. The largest absolute Gasteiger partial charge is 0.378 e. The number of nitrogens with one attached hydrogen (secondary N) is 1. The molecule has 1 atom stereocenters. The van der Waals surface area contributed by atoms with E-state index in [9.17, 15) is 12.8 Å². The van der Waals surface area contributed by atoms with Gasteiger partial charge in [0.2, 0.25) is 10.0 Å². The van der Waals surface area contributed by atoms with Crippen LogP contribution in [0.1, 0.15) is 24.8 Å². The van der Waals surface area contributed by atoms with Crippen LogP contribution < -0.4 is 10.5 Å². The predicted octanol–water partition coefficient (Wildman–Crippen LogP) is 1.13. The van der Waals surface area contributed by atoms with E-state index in [-0.39, 0.29) is 24.1 Å². The Hall–Kier alpha value is -1.02. The van der Waals surface area contributed by atoms with Crippen molar-refractivity contribution in [1.82, 2.24) is 4.72 Å². The van der Waals surface area contributed by atoms with Crippen molar-refractivity contribution >= 4 is 10.0 Å². The van der Waals surface area contributed by atoms with Crippen LogP contribution in [0.15, 0.2) is 23.1 Å². The fourth-order valence-electron chi connectivity index (χ4n) is 2.25. The number of ether oxygens (including phenoxy) is 1. The first-order chi connectivity index (χ1) is 9.53. The van der Waals surface area contributed by atoms with E-state index in [2.05, 4.69) is 4.72 Å². The molecule has 0 saturated carbocycles. The molecule has 7 heteroatoms. The maximum atomic E-state index is 13.2. The second kappa shape index (κ2) is 6.62. The zero-order valence-electron chi connectivity index (χ0n) is 11.1. The number of hydrogen-bond donors (Lipinski definition) is 2. The molecular formula is C13H19FN2O3S. The van der Waals surface area contributed by atoms with E-state index in [1.165, 1.54) is 12.1 Å². The average molecular weight is 302 g/mol. The van der Waals surface area contributed by atoms with Crippen LogP contribution in [0.5, 0.6) is 0 Å². The fourth-order valence-corrected chi connectivity index (χ4v) is 3.56. The van der Waals surface area contributed by atoms with Crippen molar-refractivity contribution in [2.24, 2.45) is 5.73 Å². The molecule has 1 fully saturated rings. The van der Waals surface area contributed by atoms with Crippen LogP contribution in [0.4, 0.5) is 4.39 Å². The molecule has 1 unspecified atom stereocenters. The van der Waals surface area contributed by atoms with Gasteiger partial charge < -0.3 is 10.5 Å². The van der Waals surface area contributed by atoms with E-state index in [4.69, 9.17) is 10.5 Å². The molecule has 1 aliphatic rings. The lowest BCUT2D eigenvalue weighted by Crippen LogP contribution is -2.28. The lowest BCUT2D eigenvalue weighted by molar-refractivity contribution is 0.105. The van der Waals surface area contributed by atoms with Gasteiger partial charge in [0.25, 0.3) is 0 Å². The summed E-state index contributed by atoms with van der Waals surface area (Å²) in [6.45, 7) is 1.05. The first-order valence-corrected chi connectivity index (χ1v) is 8.11. The van der Waals surface area contributed by atoms with Gasteiger partial charge in [0.15, 0.2) is 0 Å². The van der Waals surface area contributed by atoms with Crippen LogP contribution in [-0.2, 0) is 21.3 Å². The first kappa shape index (κ1) is 15.4. The summed E-state index contributed by atoms with van der Waals surface area (Å²) in [6, 6.07) is 3.59. The highest BCUT2D eigenvalue weighted by atomic mass is 32.2. The van der Waals surface area contributed by atoms with Gasteiger partial charge in [-0.2, -0.15) is 0 Å². The Morgan fingerprint density at radius 3 is 2.90 bits per heavy atom. The molecule has 0 radical (unpaired) electrons. The van der Waals surface area contributed by atoms with Crippen molar-refractivity contribution in [3.05, 3.63) is 29.6 Å². The minimum atomic E-state index is -3.74. The van der Waals surface area contributed by atoms with Gasteiger partial charge in [0, 0.05) is 19.7 Å². The van der Waals surface area contributed by atoms with Gasteiger partial charge in [-0.15, -0.1) is 0 Å². The summed E-state index contributed by atoms with van der Waals surface area (Å²) >= 11 is 0. The molecule has 0 aliphatic carbocycles. The summed E-state index contributed by atoms with van der Waals surface area (Å²) in [5.74, 6) is -0.596. The second-order valence-electron chi connectivity index (χ2n) is 4.78. The molecule has 1 saturated heterocycles. The molecule has 5 nitrogen and oxygen atoms in total. The quantitative estimate of drug-likeness (QED) is 0.825. The molecule has 112 valence electrons. The third-order valence-corrected chi connectivity index (χ3v) is 4.86. The Labute approximate surface area is 118 Å². The molecule has 1 aromatic rings. The maximum absolute atomic E-state index is 13.2. The lowest BCUT2D eigenvalue weighted by Gasteiger charge is -2.12. The molecule has 1 heterocycles. The Morgan fingerprint density at radius 1 is 1.45 bits per heavy atom. The molecular weight excluding hydrogens is 283 g/mol. The summed E-state index contributed by atoms with van der Waals surface area (Å²) in [6.07, 6.45) is 2.69. The number of rotatable bonds is 6. The van der Waals surface area contributed by atoms with Crippen molar-refractivity contribution < 1.29 is 17.5 Å². The summed E-state index contributed by atoms with van der Waals surface area (Å²) in [4.78, 5) is -0.0904. The average Bonchev–Trinajstić information content (AvgIpc) is 2.91. The molecule has 0 aromatic heterocycles. The van der Waals surface area contributed by atoms with Crippen molar-refractivity contribution in [3.63, 3.8) is 0 Å². The summed E-state index contributed by atoms with van der Waals surface area (Å²) in [7, 11) is -3.74. The van der Waals surface area contributed by atoms with Crippen LogP contribution >= 0.6 is 0 Å². The molecule has 2 rings (SSSR count). The molecule has 0 bridgehead atoms. The number of nitrogens with two attached hydrogens (primary N) is 1. The zero-order valence-corrected chi connectivity index (χ0v) is 12.0. The van der Waals surface area contributed by atoms with Gasteiger partial charge in [-0.3, -0.25) is 0 Å². The van der Waals surface area contributed by atoms with Crippen LogP contribution in [0, 0.1) is 5.82 Å². The van der Waals surface area contributed by atoms with Gasteiger partial charge in [0.1, 0.15) is 5.82 Å². The summed E-state index contributed by atoms with van der Waals surface area (Å²) in [5.41, 5.74) is 5.89. The SMILES string of the molecule is NCc1ccc(F)cc1S(=O)(=O)NCCC1CCCO1. The van der Waals surface area contributed by atoms with Crippen molar-refractivity contribution in [2.75, 3.05) is 13.2 Å². The highest BCUT2D eigenvalue weighted by molar-refractivity contribution is 7.89. The van der Waals surface area contributed by atoms with E-state index < -0.39 is 15.8 Å². The van der Waals surface area contributed by atoms with Crippen molar-refractivity contribution in [2.45, 2.75) is 36.8 Å². The number of benzene rings is 1. The molecule has 0 amide bonds. The number of hydrogen-bond acceptors (Lipinski definition) is 4.